The number of rotatable bonds is 8. The molecule has 2 aromatic carbocycles. The second kappa shape index (κ2) is 11.2. The molecule has 1 saturated heterocycles. The topological polar surface area (TPSA) is 114 Å². The second-order valence-electron chi connectivity index (χ2n) is 7.43. The van der Waals surface area contributed by atoms with E-state index in [2.05, 4.69) is 10.2 Å². The zero-order valence-electron chi connectivity index (χ0n) is 19.0. The smallest absolute Gasteiger partial charge is 0.338 e. The summed E-state index contributed by atoms with van der Waals surface area (Å²) >= 11 is 6.01. The van der Waals surface area contributed by atoms with E-state index in [0.29, 0.717) is 23.4 Å². The summed E-state index contributed by atoms with van der Waals surface area (Å²) in [5, 5.41) is 2.61. The van der Waals surface area contributed by atoms with Gasteiger partial charge < -0.3 is 19.7 Å². The first-order chi connectivity index (χ1) is 16.1. The zero-order valence-corrected chi connectivity index (χ0v) is 20.6. The number of hydrogen-bond donors (Lipinski definition) is 1. The van der Waals surface area contributed by atoms with Crippen molar-refractivity contribution in [1.29, 1.82) is 0 Å². The normalized spacial score (nSPS) is 15.1. The molecule has 1 heterocycles. The highest BCUT2D eigenvalue weighted by molar-refractivity contribution is 7.89. The molecule has 3 rings (SSSR count). The van der Waals surface area contributed by atoms with Crippen molar-refractivity contribution in [2.24, 2.45) is 0 Å². The number of hydrogen-bond acceptors (Lipinski definition) is 8. The summed E-state index contributed by atoms with van der Waals surface area (Å²) < 4.78 is 36.2. The fourth-order valence-corrected chi connectivity index (χ4v) is 4.64. The minimum atomic E-state index is -4.09. The Balaban J connectivity index is 1.64. The summed E-state index contributed by atoms with van der Waals surface area (Å²) in [6, 6.07) is 11.0. The van der Waals surface area contributed by atoms with Crippen LogP contribution in [-0.4, -0.2) is 71.3 Å². The second-order valence-corrected chi connectivity index (χ2v) is 9.74. The van der Waals surface area contributed by atoms with E-state index in [9.17, 15) is 18.0 Å². The summed E-state index contributed by atoms with van der Waals surface area (Å²) in [4.78, 5) is 31.7. The van der Waals surface area contributed by atoms with Gasteiger partial charge in [0, 0.05) is 31.5 Å². The molecule has 10 nitrogen and oxygen atoms in total. The van der Waals surface area contributed by atoms with Crippen molar-refractivity contribution in [3.63, 3.8) is 0 Å². The highest BCUT2D eigenvalue weighted by Gasteiger charge is 2.26. The van der Waals surface area contributed by atoms with Crippen LogP contribution in [0.2, 0.25) is 5.02 Å². The lowest BCUT2D eigenvalue weighted by Gasteiger charge is -2.28. The number of anilines is 2. The van der Waals surface area contributed by atoms with Crippen molar-refractivity contribution in [2.75, 3.05) is 50.7 Å². The van der Waals surface area contributed by atoms with E-state index in [4.69, 9.17) is 25.9 Å². The van der Waals surface area contributed by atoms with E-state index in [0.717, 1.165) is 24.8 Å². The fourth-order valence-electron chi connectivity index (χ4n) is 3.17. The summed E-state index contributed by atoms with van der Waals surface area (Å²) in [6.07, 6.45) is -1.14. The number of ether oxygens (including phenoxy) is 2. The molecule has 1 aliphatic rings. The summed E-state index contributed by atoms with van der Waals surface area (Å²) in [5.41, 5.74) is 1.49. The highest BCUT2D eigenvalue weighted by atomic mass is 35.5. The van der Waals surface area contributed by atoms with Gasteiger partial charge in [-0.1, -0.05) is 16.1 Å². The maximum atomic E-state index is 12.6. The van der Waals surface area contributed by atoms with Gasteiger partial charge in [-0.25, -0.2) is 13.2 Å². The molecule has 1 N–H and O–H groups in total. The van der Waals surface area contributed by atoms with E-state index in [1.165, 1.54) is 33.2 Å². The van der Waals surface area contributed by atoms with Gasteiger partial charge in [-0.2, -0.15) is 0 Å². The molecule has 0 aromatic heterocycles. The van der Waals surface area contributed by atoms with Crippen LogP contribution in [0.3, 0.4) is 0 Å². The Hall–Kier alpha value is -2.70. The molecule has 12 heteroatoms. The average molecular weight is 512 g/mol. The number of benzene rings is 2. The van der Waals surface area contributed by atoms with Crippen molar-refractivity contribution in [2.45, 2.75) is 17.9 Å². The maximum absolute atomic E-state index is 12.6. The number of sulfonamides is 1. The highest BCUT2D eigenvalue weighted by Crippen LogP contribution is 2.26. The van der Waals surface area contributed by atoms with E-state index in [1.807, 2.05) is 12.1 Å². The molecular weight excluding hydrogens is 486 g/mol. The van der Waals surface area contributed by atoms with Crippen molar-refractivity contribution in [1.82, 2.24) is 4.47 Å². The van der Waals surface area contributed by atoms with Gasteiger partial charge >= 0.3 is 5.97 Å². The molecule has 1 aliphatic heterocycles. The number of hydroxylamine groups is 1. The zero-order chi connectivity index (χ0) is 24.9. The number of nitrogens with zero attached hydrogens (tertiary/aromatic N) is 2. The molecule has 0 aliphatic carbocycles. The minimum Gasteiger partial charge on any atom is -0.449 e. The number of esters is 1. The molecule has 0 saturated carbocycles. The SMILES string of the molecule is CON(C)S(=O)(=O)c1cc(C(=O)OC(C)C(=O)Nc2ccc(N3CCOCC3)cc2)ccc1Cl. The van der Waals surface area contributed by atoms with E-state index < -0.39 is 28.0 Å². The van der Waals surface area contributed by atoms with Gasteiger partial charge in [0.05, 0.1) is 30.9 Å². The number of morpholine rings is 1. The van der Waals surface area contributed by atoms with Crippen LogP contribution in [0.4, 0.5) is 11.4 Å². The number of nitrogens with one attached hydrogen (secondary N) is 1. The van der Waals surface area contributed by atoms with Crippen LogP contribution in [0.25, 0.3) is 0 Å². The van der Waals surface area contributed by atoms with Gasteiger partial charge in [0.1, 0.15) is 4.90 Å². The standard InChI is InChI=1S/C22H26ClN3O7S/c1-15(21(27)24-17-5-7-18(8-6-17)26-10-12-32-13-11-26)33-22(28)16-4-9-19(23)20(14-16)34(29,30)25(2)31-3/h4-9,14-15H,10-13H2,1-3H3,(H,24,27). The predicted molar refractivity (Wildman–Crippen MR) is 126 cm³/mol. The van der Waals surface area contributed by atoms with Crippen LogP contribution in [0.5, 0.6) is 0 Å². The van der Waals surface area contributed by atoms with Crippen molar-refractivity contribution < 1.29 is 32.3 Å². The van der Waals surface area contributed by atoms with E-state index in [-0.39, 0.29) is 15.5 Å². The monoisotopic (exact) mass is 511 g/mol. The van der Waals surface area contributed by atoms with Gasteiger partial charge in [-0.3, -0.25) is 9.63 Å². The molecular formula is C22H26ClN3O7S. The molecule has 184 valence electrons. The van der Waals surface area contributed by atoms with Crippen LogP contribution in [-0.2, 0) is 29.1 Å². The van der Waals surface area contributed by atoms with Crippen molar-refractivity contribution >= 4 is 44.9 Å². The van der Waals surface area contributed by atoms with Crippen LogP contribution in [0.1, 0.15) is 17.3 Å². The quantitative estimate of drug-likeness (QED) is 0.425. The van der Waals surface area contributed by atoms with Crippen molar-refractivity contribution in [3.8, 4) is 0 Å². The predicted octanol–water partition coefficient (Wildman–Crippen LogP) is 2.54. The Labute approximate surface area is 203 Å². The molecule has 1 atom stereocenters. The van der Waals surface area contributed by atoms with Crippen LogP contribution < -0.4 is 10.2 Å². The lowest BCUT2D eigenvalue weighted by molar-refractivity contribution is -0.123. The van der Waals surface area contributed by atoms with Crippen LogP contribution >= 0.6 is 11.6 Å². The number of halogens is 1. The summed E-state index contributed by atoms with van der Waals surface area (Å²) in [7, 11) is -1.72. The number of amides is 1. The van der Waals surface area contributed by atoms with E-state index in [1.54, 1.807) is 12.1 Å². The lowest BCUT2D eigenvalue weighted by atomic mass is 10.2. The summed E-state index contributed by atoms with van der Waals surface area (Å²) in [6.45, 7) is 4.36. The molecule has 2 aromatic rings. The average Bonchev–Trinajstić information content (AvgIpc) is 2.84. The Morgan fingerprint density at radius 1 is 1.15 bits per heavy atom. The fraction of sp³-hybridized carbons (Fsp3) is 0.364. The first kappa shape index (κ1) is 25.9. The maximum Gasteiger partial charge on any atom is 0.338 e. The van der Waals surface area contributed by atoms with Gasteiger partial charge in [0.2, 0.25) is 0 Å². The molecule has 1 unspecified atom stereocenters. The van der Waals surface area contributed by atoms with Gasteiger partial charge in [0.15, 0.2) is 6.10 Å². The third-order valence-electron chi connectivity index (χ3n) is 5.20. The van der Waals surface area contributed by atoms with E-state index >= 15 is 0 Å². The third-order valence-corrected chi connectivity index (χ3v) is 7.37. The minimum absolute atomic E-state index is 0.0815. The van der Waals surface area contributed by atoms with Gasteiger partial charge in [-0.05, 0) is 49.4 Å². The van der Waals surface area contributed by atoms with Gasteiger partial charge in [0.25, 0.3) is 15.9 Å². The number of carbonyl (C=O) groups is 2. The van der Waals surface area contributed by atoms with Gasteiger partial charge in [-0.15, -0.1) is 0 Å². The van der Waals surface area contributed by atoms with Crippen LogP contribution in [0.15, 0.2) is 47.4 Å². The Kier molecular flexibility index (Phi) is 8.50. The molecule has 0 bridgehead atoms. The molecule has 34 heavy (non-hydrogen) atoms. The van der Waals surface area contributed by atoms with Crippen LogP contribution in [0, 0.1) is 0 Å². The summed E-state index contributed by atoms with van der Waals surface area (Å²) in [5.74, 6) is -1.41. The molecule has 1 fully saturated rings. The molecule has 0 radical (unpaired) electrons. The third kappa shape index (κ3) is 6.05. The first-order valence-electron chi connectivity index (χ1n) is 10.4. The molecule has 0 spiro atoms. The largest absolute Gasteiger partial charge is 0.449 e. The lowest BCUT2D eigenvalue weighted by Crippen LogP contribution is -2.36. The Morgan fingerprint density at radius 3 is 2.41 bits per heavy atom. The molecule has 1 amide bonds. The van der Waals surface area contributed by atoms with Crippen molar-refractivity contribution in [3.05, 3.63) is 53.1 Å². The Morgan fingerprint density at radius 2 is 1.79 bits per heavy atom. The first-order valence-corrected chi connectivity index (χ1v) is 12.2. The number of carbonyl (C=O) groups excluding carboxylic acids is 2. The Bertz CT molecular complexity index is 1140.